The van der Waals surface area contributed by atoms with Crippen LogP contribution in [-0.4, -0.2) is 174 Å². The summed E-state index contributed by atoms with van der Waals surface area (Å²) in [5, 5.41) is 39.1. The summed E-state index contributed by atoms with van der Waals surface area (Å²) in [5.74, 6) is -3.52. The van der Waals surface area contributed by atoms with Gasteiger partial charge in [0, 0.05) is 98.9 Å². The van der Waals surface area contributed by atoms with Crippen LogP contribution in [0.15, 0.2) is 24.3 Å². The summed E-state index contributed by atoms with van der Waals surface area (Å²) < 4.78 is 16.4. The van der Waals surface area contributed by atoms with Crippen LogP contribution < -0.4 is 4.74 Å². The fraction of sp³-hybridized carbons (Fsp3) is 0.677. The van der Waals surface area contributed by atoms with E-state index in [2.05, 4.69) is 0 Å². The van der Waals surface area contributed by atoms with Gasteiger partial charge >= 0.3 is 23.9 Å². The van der Waals surface area contributed by atoms with Crippen molar-refractivity contribution in [1.82, 2.24) is 19.6 Å². The Hall–Kier alpha value is -2.02. The van der Waals surface area contributed by atoms with Gasteiger partial charge in [-0.1, -0.05) is 19.1 Å². The Bertz CT molecular complexity index is 1050. The molecule has 268 valence electrons. The molecule has 1 aliphatic heterocycles. The Balaban J connectivity index is 0.0000110. The summed E-state index contributed by atoms with van der Waals surface area (Å²) in [6.07, 6.45) is 0.496. The smallest absolute Gasteiger partial charge is 0.321 e. The number of carboxylic acids is 4. The van der Waals surface area contributed by atoms with Gasteiger partial charge in [0.1, 0.15) is 24.4 Å². The number of hydrogen-bond acceptors (Lipinski definition) is 11. The summed E-state index contributed by atoms with van der Waals surface area (Å²) in [6.45, 7) is 7.39. The first-order chi connectivity index (χ1) is 22.0. The summed E-state index contributed by atoms with van der Waals surface area (Å²) >= 11 is 0. The maximum absolute atomic E-state index is 12.6. The van der Waals surface area contributed by atoms with Gasteiger partial charge in [-0.2, -0.15) is 0 Å². The van der Waals surface area contributed by atoms with Crippen molar-refractivity contribution < 1.29 is 93.8 Å². The molecule has 16 heteroatoms. The molecule has 1 aromatic carbocycles. The molecule has 0 bridgehead atoms. The molecule has 0 aliphatic carbocycles. The molecule has 47 heavy (non-hydrogen) atoms. The Labute approximate surface area is 308 Å². The van der Waals surface area contributed by atoms with E-state index in [1.165, 1.54) is 0 Å². The fourth-order valence-electron chi connectivity index (χ4n) is 5.34. The van der Waals surface area contributed by atoms with Crippen LogP contribution >= 0.6 is 0 Å². The van der Waals surface area contributed by atoms with Crippen molar-refractivity contribution in [2.75, 3.05) is 98.5 Å². The summed E-state index contributed by atoms with van der Waals surface area (Å²) in [5.41, 5.74) is 0.763. The number of benzene rings is 1. The van der Waals surface area contributed by atoms with Crippen molar-refractivity contribution in [1.29, 1.82) is 0 Å². The molecule has 0 saturated carbocycles. The molecule has 2 rings (SSSR count). The molecule has 1 saturated heterocycles. The zero-order valence-electron chi connectivity index (χ0n) is 27.3. The average molecular weight is 812 g/mol. The van der Waals surface area contributed by atoms with Crippen LogP contribution in [0.4, 0.5) is 0 Å². The number of ether oxygens (including phenoxy) is 3. The van der Waals surface area contributed by atoms with Crippen LogP contribution in [0.5, 0.6) is 5.75 Å². The Morgan fingerprint density at radius 1 is 0.660 bits per heavy atom. The van der Waals surface area contributed by atoms with E-state index in [1.807, 2.05) is 6.92 Å². The quantitative estimate of drug-likeness (QED) is 0.140. The van der Waals surface area contributed by atoms with Gasteiger partial charge in [-0.25, -0.2) is 0 Å². The van der Waals surface area contributed by atoms with Crippen molar-refractivity contribution in [3.8, 4) is 5.75 Å². The van der Waals surface area contributed by atoms with E-state index in [0.717, 1.165) is 5.56 Å². The molecule has 15 nitrogen and oxygen atoms in total. The zero-order chi connectivity index (χ0) is 33.9. The van der Waals surface area contributed by atoms with Gasteiger partial charge < -0.3 is 34.6 Å². The zero-order valence-corrected chi connectivity index (χ0v) is 29.5. The predicted molar refractivity (Wildman–Crippen MR) is 167 cm³/mol. The van der Waals surface area contributed by atoms with E-state index in [-0.39, 0.29) is 112 Å². The summed E-state index contributed by atoms with van der Waals surface area (Å²) in [6, 6.07) is 5.37. The molecule has 1 fully saturated rings. The fourth-order valence-corrected chi connectivity index (χ4v) is 5.34. The number of aliphatic carboxylic acids is 4. The van der Waals surface area contributed by atoms with Crippen molar-refractivity contribution in [2.24, 2.45) is 0 Å². The van der Waals surface area contributed by atoms with Gasteiger partial charge in [0.25, 0.3) is 0 Å². The topological polar surface area (TPSA) is 190 Å². The van der Waals surface area contributed by atoms with Gasteiger partial charge in [-0.3, -0.25) is 38.8 Å². The maximum atomic E-state index is 12.6. The number of carboxylic acid groups (broad SMARTS) is 4. The Kier molecular flexibility index (Phi) is 22.1. The molecule has 1 aliphatic rings. The number of nitrogens with zero attached hydrogens (tertiary/aromatic N) is 4. The summed E-state index contributed by atoms with van der Waals surface area (Å²) in [4.78, 5) is 54.7. The molecule has 0 aromatic heterocycles. The van der Waals surface area contributed by atoms with Crippen molar-refractivity contribution in [2.45, 2.75) is 38.8 Å². The predicted octanol–water partition coefficient (Wildman–Crippen LogP) is 0.368. The van der Waals surface area contributed by atoms with E-state index < -0.39 is 36.0 Å². The second kappa shape index (κ2) is 24.2. The average Bonchev–Trinajstić information content (AvgIpc) is 2.99. The van der Waals surface area contributed by atoms with Crippen LogP contribution in [0.25, 0.3) is 0 Å². The molecular formula is C31H50GdN4O11. The van der Waals surface area contributed by atoms with Gasteiger partial charge in [-0.05, 0) is 37.5 Å². The van der Waals surface area contributed by atoms with E-state index >= 15 is 0 Å². The Morgan fingerprint density at radius 3 is 1.53 bits per heavy atom. The van der Waals surface area contributed by atoms with Crippen molar-refractivity contribution in [3.05, 3.63) is 29.8 Å². The van der Waals surface area contributed by atoms with Crippen LogP contribution in [0.2, 0.25) is 0 Å². The van der Waals surface area contributed by atoms with Crippen LogP contribution in [0.1, 0.15) is 25.8 Å². The SMILES string of the molecule is CCOCCOCCOc1ccc(CC(C(=O)O)N2CCN(CC(=O)O)CCN(C(CC)C(=O)O)CCN(CC(=O)O)CC2)cc1.[Gd]. The molecule has 0 spiro atoms. The first-order valence-electron chi connectivity index (χ1n) is 15.7. The maximum Gasteiger partial charge on any atom is 0.321 e. The van der Waals surface area contributed by atoms with E-state index in [1.54, 1.807) is 50.8 Å². The molecule has 2 atom stereocenters. The van der Waals surface area contributed by atoms with Crippen molar-refractivity contribution in [3.63, 3.8) is 0 Å². The second-order valence-corrected chi connectivity index (χ2v) is 11.0. The standard InChI is InChI=1S/C31H50N4O11.Gd/c1-3-26(30(40)41)34-13-9-32(22-28(36)37)11-15-35(16-12-33(10-14-34)23-29(38)39)27(31(42)43)21-24-5-7-25(8-6-24)46-20-19-45-18-17-44-4-2;/h5-8,26-27H,3-4,9-23H2,1-2H3,(H,36,37)(H,38,39)(H,40,41)(H,42,43);. The third-order valence-electron chi connectivity index (χ3n) is 7.79. The van der Waals surface area contributed by atoms with Crippen LogP contribution in [0, 0.1) is 39.9 Å². The molecule has 0 radical (unpaired) electrons. The van der Waals surface area contributed by atoms with Gasteiger partial charge in [0.15, 0.2) is 0 Å². The first-order valence-corrected chi connectivity index (χ1v) is 15.7. The van der Waals surface area contributed by atoms with Gasteiger partial charge in [0.05, 0.1) is 32.9 Å². The molecule has 1 heterocycles. The van der Waals surface area contributed by atoms with Crippen LogP contribution in [-0.2, 0) is 35.1 Å². The van der Waals surface area contributed by atoms with E-state index in [4.69, 9.17) is 14.2 Å². The molecular weight excluding hydrogens is 762 g/mol. The number of hydrogen-bond donors (Lipinski definition) is 4. The number of rotatable bonds is 19. The molecule has 1 aromatic rings. The molecule has 4 N–H and O–H groups in total. The minimum Gasteiger partial charge on any atom is -0.491 e. The molecule has 0 amide bonds. The summed E-state index contributed by atoms with van der Waals surface area (Å²) in [7, 11) is 0. The minimum absolute atomic E-state index is 0. The Morgan fingerprint density at radius 2 is 1.11 bits per heavy atom. The second-order valence-electron chi connectivity index (χ2n) is 11.0. The monoisotopic (exact) mass is 812 g/mol. The van der Waals surface area contributed by atoms with E-state index in [9.17, 15) is 39.6 Å². The van der Waals surface area contributed by atoms with Gasteiger partial charge in [-0.15, -0.1) is 0 Å². The minimum atomic E-state index is -1.05. The van der Waals surface area contributed by atoms with Gasteiger partial charge in [0.2, 0.25) is 0 Å². The number of carbonyl (C=O) groups is 4. The largest absolute Gasteiger partial charge is 0.491 e. The van der Waals surface area contributed by atoms with Crippen molar-refractivity contribution >= 4 is 23.9 Å². The third kappa shape index (κ3) is 17.3. The molecule has 2 unspecified atom stereocenters. The van der Waals surface area contributed by atoms with E-state index in [0.29, 0.717) is 45.2 Å². The normalized spacial score (nSPS) is 17.4. The van der Waals surface area contributed by atoms with Crippen LogP contribution in [0.3, 0.4) is 0 Å². The first kappa shape index (κ1) is 43.0. The third-order valence-corrected chi connectivity index (χ3v) is 7.79.